The predicted octanol–water partition coefficient (Wildman–Crippen LogP) is 6.33. The van der Waals surface area contributed by atoms with Gasteiger partial charge in [0.05, 0.1) is 5.02 Å². The first-order valence-corrected chi connectivity index (χ1v) is 8.47. The van der Waals surface area contributed by atoms with E-state index < -0.39 is 0 Å². The van der Waals surface area contributed by atoms with E-state index in [1.165, 1.54) is 0 Å². The van der Waals surface area contributed by atoms with E-state index in [-0.39, 0.29) is 5.78 Å². The Hall–Kier alpha value is -2.55. The number of halogens is 2. The lowest BCUT2D eigenvalue weighted by molar-refractivity contribution is 0.104. The van der Waals surface area contributed by atoms with Crippen molar-refractivity contribution in [3.05, 3.63) is 106 Å². The fourth-order valence-electron chi connectivity index (χ4n) is 2.37. The fraction of sp³-hybridized carbons (Fsp3) is 0. The largest absolute Gasteiger partial charge is 0.355 e. The van der Waals surface area contributed by atoms with E-state index in [1.807, 2.05) is 42.5 Å². The van der Waals surface area contributed by atoms with Gasteiger partial charge < -0.3 is 5.32 Å². The zero-order chi connectivity index (χ0) is 17.6. The van der Waals surface area contributed by atoms with Gasteiger partial charge in [0.2, 0.25) is 0 Å². The highest BCUT2D eigenvalue weighted by atomic mass is 35.5. The summed E-state index contributed by atoms with van der Waals surface area (Å²) in [6.07, 6.45) is 1.56. The molecule has 4 heteroatoms. The maximum absolute atomic E-state index is 12.7. The predicted molar refractivity (Wildman–Crippen MR) is 105 cm³/mol. The van der Waals surface area contributed by atoms with Gasteiger partial charge in [-0.3, -0.25) is 4.79 Å². The number of ketones is 1. The number of carbonyl (C=O) groups excluding carboxylic acids is 1. The van der Waals surface area contributed by atoms with Crippen LogP contribution in [-0.4, -0.2) is 5.78 Å². The fourth-order valence-corrected chi connectivity index (χ4v) is 2.72. The van der Waals surface area contributed by atoms with Crippen LogP contribution in [0.25, 0.3) is 5.70 Å². The van der Waals surface area contributed by atoms with Crippen molar-refractivity contribution in [3.63, 3.8) is 0 Å². The molecule has 0 radical (unpaired) electrons. The highest BCUT2D eigenvalue weighted by molar-refractivity contribution is 6.34. The van der Waals surface area contributed by atoms with Gasteiger partial charge in [-0.2, -0.15) is 0 Å². The molecule has 0 amide bonds. The molecular weight excluding hydrogens is 353 g/mol. The van der Waals surface area contributed by atoms with E-state index in [4.69, 9.17) is 23.2 Å². The molecule has 3 rings (SSSR count). The molecule has 0 aromatic heterocycles. The first kappa shape index (κ1) is 17.3. The summed E-state index contributed by atoms with van der Waals surface area (Å²) in [4.78, 5) is 12.7. The van der Waals surface area contributed by atoms with Gasteiger partial charge in [-0.15, -0.1) is 0 Å². The van der Waals surface area contributed by atoms with Crippen LogP contribution in [0.2, 0.25) is 10.0 Å². The Balaban J connectivity index is 1.97. The summed E-state index contributed by atoms with van der Waals surface area (Å²) in [6, 6.07) is 24.0. The van der Waals surface area contributed by atoms with E-state index in [0.29, 0.717) is 21.3 Å². The standard InChI is InChI=1S/C21H15Cl2NO/c22-16-10-12-17(13-11-16)24-20(15-6-2-1-3-7-15)14-21(25)18-8-4-5-9-19(18)23/h1-14,24H/b20-14+. The van der Waals surface area contributed by atoms with Gasteiger partial charge in [0.15, 0.2) is 5.78 Å². The minimum absolute atomic E-state index is 0.161. The zero-order valence-corrected chi connectivity index (χ0v) is 14.8. The summed E-state index contributed by atoms with van der Waals surface area (Å²) in [7, 11) is 0. The molecule has 0 saturated heterocycles. The van der Waals surface area contributed by atoms with Crippen LogP contribution in [0.5, 0.6) is 0 Å². The number of hydrogen-bond acceptors (Lipinski definition) is 2. The van der Waals surface area contributed by atoms with Crippen molar-refractivity contribution in [2.75, 3.05) is 5.32 Å². The SMILES string of the molecule is O=C(/C=C(/Nc1ccc(Cl)cc1)c1ccccc1)c1ccccc1Cl. The Morgan fingerprint density at radius 3 is 2.12 bits per heavy atom. The van der Waals surface area contributed by atoms with E-state index in [2.05, 4.69) is 5.32 Å². The summed E-state index contributed by atoms with van der Waals surface area (Å²) in [5, 5.41) is 4.37. The van der Waals surface area contributed by atoms with E-state index in [9.17, 15) is 4.79 Å². The van der Waals surface area contributed by atoms with Gasteiger partial charge in [-0.25, -0.2) is 0 Å². The molecule has 0 unspecified atom stereocenters. The van der Waals surface area contributed by atoms with Gasteiger partial charge in [0, 0.05) is 28.0 Å². The van der Waals surface area contributed by atoms with E-state index in [0.717, 1.165) is 11.3 Å². The average Bonchev–Trinajstić information content (AvgIpc) is 2.64. The minimum Gasteiger partial charge on any atom is -0.355 e. The summed E-state index contributed by atoms with van der Waals surface area (Å²) >= 11 is 12.1. The lowest BCUT2D eigenvalue weighted by atomic mass is 10.1. The molecule has 0 bridgehead atoms. The van der Waals surface area contributed by atoms with Gasteiger partial charge in [-0.05, 0) is 42.0 Å². The van der Waals surface area contributed by atoms with Crippen molar-refractivity contribution >= 4 is 40.4 Å². The molecule has 3 aromatic rings. The van der Waals surface area contributed by atoms with Crippen molar-refractivity contribution in [1.29, 1.82) is 0 Å². The van der Waals surface area contributed by atoms with Gasteiger partial charge in [0.1, 0.15) is 0 Å². The molecule has 0 spiro atoms. The molecule has 1 N–H and O–H groups in total. The van der Waals surface area contributed by atoms with Gasteiger partial charge in [-0.1, -0.05) is 65.7 Å². The Kier molecular flexibility index (Phi) is 5.54. The normalized spacial score (nSPS) is 11.2. The second-order valence-corrected chi connectivity index (χ2v) is 6.24. The highest BCUT2D eigenvalue weighted by Crippen LogP contribution is 2.23. The molecule has 0 fully saturated rings. The van der Waals surface area contributed by atoms with Crippen molar-refractivity contribution in [3.8, 4) is 0 Å². The summed E-state index contributed by atoms with van der Waals surface area (Å²) < 4.78 is 0. The summed E-state index contributed by atoms with van der Waals surface area (Å²) in [5.74, 6) is -0.161. The molecule has 0 aliphatic rings. The molecule has 0 heterocycles. The Morgan fingerprint density at radius 1 is 0.800 bits per heavy atom. The van der Waals surface area contributed by atoms with E-state index in [1.54, 1.807) is 42.5 Å². The first-order chi connectivity index (χ1) is 12.1. The number of nitrogens with one attached hydrogen (secondary N) is 1. The third-order valence-corrected chi connectivity index (χ3v) is 4.20. The van der Waals surface area contributed by atoms with Crippen LogP contribution in [0.3, 0.4) is 0 Å². The molecule has 0 aliphatic heterocycles. The van der Waals surface area contributed by atoms with Gasteiger partial charge in [0.25, 0.3) is 0 Å². The third-order valence-electron chi connectivity index (χ3n) is 3.62. The second kappa shape index (κ2) is 8.02. The lowest BCUT2D eigenvalue weighted by Gasteiger charge is -2.12. The van der Waals surface area contributed by atoms with Crippen LogP contribution >= 0.6 is 23.2 Å². The van der Waals surface area contributed by atoms with Crippen molar-refractivity contribution in [2.24, 2.45) is 0 Å². The molecular formula is C21H15Cl2NO. The number of hydrogen-bond donors (Lipinski definition) is 1. The quantitative estimate of drug-likeness (QED) is 0.421. The van der Waals surface area contributed by atoms with Crippen molar-refractivity contribution in [2.45, 2.75) is 0 Å². The monoisotopic (exact) mass is 367 g/mol. The second-order valence-electron chi connectivity index (χ2n) is 5.40. The van der Waals surface area contributed by atoms with E-state index >= 15 is 0 Å². The topological polar surface area (TPSA) is 29.1 Å². The minimum atomic E-state index is -0.161. The maximum Gasteiger partial charge on any atom is 0.189 e. The molecule has 0 aliphatic carbocycles. The molecule has 2 nitrogen and oxygen atoms in total. The van der Waals surface area contributed by atoms with Crippen LogP contribution in [-0.2, 0) is 0 Å². The van der Waals surface area contributed by atoms with Crippen molar-refractivity contribution in [1.82, 2.24) is 0 Å². The average molecular weight is 368 g/mol. The number of anilines is 1. The number of rotatable bonds is 5. The molecule has 0 atom stereocenters. The molecule has 0 saturated carbocycles. The van der Waals surface area contributed by atoms with Crippen LogP contribution in [0.1, 0.15) is 15.9 Å². The van der Waals surface area contributed by atoms with Crippen LogP contribution in [0.4, 0.5) is 5.69 Å². The number of carbonyl (C=O) groups is 1. The summed E-state index contributed by atoms with van der Waals surface area (Å²) in [6.45, 7) is 0. The van der Waals surface area contributed by atoms with Crippen LogP contribution in [0.15, 0.2) is 84.9 Å². The first-order valence-electron chi connectivity index (χ1n) is 7.72. The number of allylic oxidation sites excluding steroid dienone is 1. The Morgan fingerprint density at radius 2 is 1.44 bits per heavy atom. The van der Waals surface area contributed by atoms with Crippen LogP contribution < -0.4 is 5.32 Å². The smallest absolute Gasteiger partial charge is 0.189 e. The molecule has 25 heavy (non-hydrogen) atoms. The zero-order valence-electron chi connectivity index (χ0n) is 13.2. The van der Waals surface area contributed by atoms with Gasteiger partial charge >= 0.3 is 0 Å². The molecule has 124 valence electrons. The lowest BCUT2D eigenvalue weighted by Crippen LogP contribution is -2.04. The third kappa shape index (κ3) is 4.50. The van der Waals surface area contributed by atoms with Crippen molar-refractivity contribution < 1.29 is 4.79 Å². The highest BCUT2D eigenvalue weighted by Gasteiger charge is 2.10. The molecule has 3 aromatic carbocycles. The number of benzene rings is 3. The summed E-state index contributed by atoms with van der Waals surface area (Å²) in [5.41, 5.74) is 2.90. The maximum atomic E-state index is 12.7. The Bertz CT molecular complexity index is 903. The van der Waals surface area contributed by atoms with Crippen LogP contribution in [0, 0.1) is 0 Å². The Labute approximate surface area is 156 Å².